The molecule has 0 saturated carbocycles. The van der Waals surface area contributed by atoms with Crippen molar-refractivity contribution in [2.45, 2.75) is 11.9 Å². The van der Waals surface area contributed by atoms with Crippen molar-refractivity contribution in [3.63, 3.8) is 0 Å². The number of sulfonamides is 1. The monoisotopic (exact) mass is 360 g/mol. The van der Waals surface area contributed by atoms with Gasteiger partial charge in [0.05, 0.1) is 10.7 Å². The fourth-order valence-electron chi connectivity index (χ4n) is 2.05. The lowest BCUT2D eigenvalue weighted by Gasteiger charge is -2.12. The maximum absolute atomic E-state index is 12.9. The van der Waals surface area contributed by atoms with Gasteiger partial charge in [-0.15, -0.1) is 0 Å². The van der Waals surface area contributed by atoms with E-state index in [-0.39, 0.29) is 0 Å². The normalized spacial score (nSPS) is 12.0. The highest BCUT2D eigenvalue weighted by Gasteiger charge is 2.40. The average Bonchev–Trinajstić information content (AvgIpc) is 2.45. The number of nitro groups is 1. The maximum atomic E-state index is 12.9. The number of hydrogen-bond acceptors (Lipinski definition) is 4. The fourth-order valence-corrected chi connectivity index (χ4v) is 3.25. The zero-order valence-electron chi connectivity index (χ0n) is 11.9. The van der Waals surface area contributed by atoms with Crippen molar-refractivity contribution >= 4 is 21.4 Å². The number of nitrogens with one attached hydrogen (secondary N) is 1. The van der Waals surface area contributed by atoms with Crippen LogP contribution in [0.5, 0.6) is 0 Å². The summed E-state index contributed by atoms with van der Waals surface area (Å²) in [7, 11) is -4.13. The highest BCUT2D eigenvalue weighted by molar-refractivity contribution is 7.91. The Bertz CT molecular complexity index is 852. The van der Waals surface area contributed by atoms with Crippen LogP contribution < -0.4 is 4.72 Å². The zero-order valence-corrected chi connectivity index (χ0v) is 12.8. The predicted molar refractivity (Wildman–Crippen MR) is 80.8 cm³/mol. The molecule has 0 heterocycles. The maximum Gasteiger partial charge on any atom is 0.423 e. The second kappa shape index (κ2) is 6.48. The Balaban J connectivity index is 2.41. The molecule has 0 fully saturated rings. The predicted octanol–water partition coefficient (Wildman–Crippen LogP) is 3.56. The first-order valence-electron chi connectivity index (χ1n) is 6.49. The van der Waals surface area contributed by atoms with Gasteiger partial charge in [0.1, 0.15) is 11.3 Å². The van der Waals surface area contributed by atoms with Gasteiger partial charge in [-0.3, -0.25) is 14.8 Å². The highest BCUT2D eigenvalue weighted by atomic mass is 32.2. The lowest BCUT2D eigenvalue weighted by atomic mass is 10.1. The summed E-state index contributed by atoms with van der Waals surface area (Å²) in [6.07, 6.45) is -4.98. The molecule has 2 rings (SSSR count). The van der Waals surface area contributed by atoms with Gasteiger partial charge in [-0.2, -0.15) is 13.2 Å². The van der Waals surface area contributed by atoms with Crippen molar-refractivity contribution in [2.75, 3.05) is 4.72 Å². The standard InChI is InChI=1S/C14H11F3N2O4S/c15-14(16,17)11-7-4-8-12(13(11)19(20)21)18-24(22,23)9-10-5-2-1-3-6-10/h1-8,18H,9H2. The largest absolute Gasteiger partial charge is 0.423 e. The molecule has 0 aromatic heterocycles. The number of benzene rings is 2. The summed E-state index contributed by atoms with van der Waals surface area (Å²) in [6, 6.07) is 10.2. The molecule has 0 atom stereocenters. The van der Waals surface area contributed by atoms with Gasteiger partial charge in [0, 0.05) is 0 Å². The van der Waals surface area contributed by atoms with Crippen molar-refractivity contribution in [1.29, 1.82) is 0 Å². The van der Waals surface area contributed by atoms with Gasteiger partial charge in [-0.25, -0.2) is 8.42 Å². The molecule has 0 aliphatic heterocycles. The molecule has 10 heteroatoms. The van der Waals surface area contributed by atoms with Crippen LogP contribution in [0.1, 0.15) is 11.1 Å². The van der Waals surface area contributed by atoms with Crippen molar-refractivity contribution < 1.29 is 26.5 Å². The molecule has 0 unspecified atom stereocenters. The van der Waals surface area contributed by atoms with Crippen LogP contribution in [-0.4, -0.2) is 13.3 Å². The zero-order chi connectivity index (χ0) is 18.0. The number of halogens is 3. The number of hydrogen-bond donors (Lipinski definition) is 1. The first-order chi connectivity index (χ1) is 11.1. The average molecular weight is 360 g/mol. The van der Waals surface area contributed by atoms with Gasteiger partial charge in [0.15, 0.2) is 0 Å². The second-order valence-electron chi connectivity index (χ2n) is 4.80. The smallest absolute Gasteiger partial charge is 0.277 e. The van der Waals surface area contributed by atoms with Crippen LogP contribution in [0.3, 0.4) is 0 Å². The minimum Gasteiger partial charge on any atom is -0.277 e. The Labute approximate surface area is 135 Å². The van der Waals surface area contributed by atoms with E-state index in [1.54, 1.807) is 18.2 Å². The molecular formula is C14H11F3N2O4S. The molecule has 0 amide bonds. The third kappa shape index (κ3) is 4.22. The molecule has 2 aromatic rings. The molecule has 1 N–H and O–H groups in total. The summed E-state index contributed by atoms with van der Waals surface area (Å²) < 4.78 is 64.7. The third-order valence-corrected chi connectivity index (χ3v) is 4.23. The molecule has 0 aliphatic rings. The Kier molecular flexibility index (Phi) is 4.78. The molecule has 0 aliphatic carbocycles. The van der Waals surface area contributed by atoms with Crippen molar-refractivity contribution in [1.82, 2.24) is 0 Å². The Morgan fingerprint density at radius 2 is 1.67 bits per heavy atom. The van der Waals surface area contributed by atoms with Gasteiger partial charge in [-0.05, 0) is 17.7 Å². The molecule has 2 aromatic carbocycles. The minimum absolute atomic E-state index is 0.389. The second-order valence-corrected chi connectivity index (χ2v) is 6.53. The lowest BCUT2D eigenvalue weighted by molar-refractivity contribution is -0.387. The van der Waals surface area contributed by atoms with E-state index < -0.39 is 43.8 Å². The summed E-state index contributed by atoms with van der Waals surface area (Å²) >= 11 is 0. The number of alkyl halides is 3. The van der Waals surface area contributed by atoms with E-state index in [9.17, 15) is 31.7 Å². The first kappa shape index (κ1) is 17.7. The van der Waals surface area contributed by atoms with E-state index in [4.69, 9.17) is 0 Å². The molecule has 0 bridgehead atoms. The van der Waals surface area contributed by atoms with E-state index in [1.807, 2.05) is 4.72 Å². The Morgan fingerprint density at radius 1 is 1.04 bits per heavy atom. The molecule has 0 radical (unpaired) electrons. The van der Waals surface area contributed by atoms with Crippen molar-refractivity contribution in [3.8, 4) is 0 Å². The fraction of sp³-hybridized carbons (Fsp3) is 0.143. The molecule has 24 heavy (non-hydrogen) atoms. The number of para-hydroxylation sites is 1. The van der Waals surface area contributed by atoms with E-state index in [2.05, 4.69) is 0 Å². The highest BCUT2D eigenvalue weighted by Crippen LogP contribution is 2.40. The summed E-state index contributed by atoms with van der Waals surface area (Å²) in [6.45, 7) is 0. The van der Waals surface area contributed by atoms with Gasteiger partial charge >= 0.3 is 11.9 Å². The first-order valence-corrected chi connectivity index (χ1v) is 8.14. The van der Waals surface area contributed by atoms with E-state index in [0.717, 1.165) is 12.1 Å². The molecule has 6 nitrogen and oxygen atoms in total. The van der Waals surface area contributed by atoms with Crippen LogP contribution in [-0.2, 0) is 22.0 Å². The molecule has 0 saturated heterocycles. The number of nitro benzene ring substituents is 1. The van der Waals surface area contributed by atoms with Gasteiger partial charge in [0.2, 0.25) is 10.0 Å². The van der Waals surface area contributed by atoms with E-state index >= 15 is 0 Å². The van der Waals surface area contributed by atoms with Gasteiger partial charge in [-0.1, -0.05) is 36.4 Å². The Hall–Kier alpha value is -2.62. The van der Waals surface area contributed by atoms with Gasteiger partial charge in [0.25, 0.3) is 0 Å². The molecule has 128 valence electrons. The van der Waals surface area contributed by atoms with Crippen molar-refractivity contribution in [3.05, 3.63) is 69.8 Å². The van der Waals surface area contributed by atoms with E-state index in [1.165, 1.54) is 12.1 Å². The third-order valence-electron chi connectivity index (χ3n) is 2.99. The van der Waals surface area contributed by atoms with Crippen LogP contribution >= 0.6 is 0 Å². The van der Waals surface area contributed by atoms with Crippen LogP contribution in [0.4, 0.5) is 24.5 Å². The van der Waals surface area contributed by atoms with Gasteiger partial charge < -0.3 is 0 Å². The number of rotatable bonds is 5. The SMILES string of the molecule is O=[N+]([O-])c1c(NS(=O)(=O)Cc2ccccc2)cccc1C(F)(F)F. The van der Waals surface area contributed by atoms with Crippen LogP contribution in [0.2, 0.25) is 0 Å². The summed E-state index contributed by atoms with van der Waals surface area (Å²) in [5.74, 6) is -0.527. The minimum atomic E-state index is -4.98. The molecule has 0 spiro atoms. The summed E-state index contributed by atoms with van der Waals surface area (Å²) in [5, 5.41) is 11.0. The number of anilines is 1. The van der Waals surface area contributed by atoms with Crippen LogP contribution in [0.25, 0.3) is 0 Å². The summed E-state index contributed by atoms with van der Waals surface area (Å²) in [4.78, 5) is 9.74. The lowest BCUT2D eigenvalue weighted by Crippen LogP contribution is -2.18. The van der Waals surface area contributed by atoms with Crippen LogP contribution in [0.15, 0.2) is 48.5 Å². The Morgan fingerprint density at radius 3 is 2.21 bits per heavy atom. The molecular weight excluding hydrogens is 349 g/mol. The number of nitrogens with zero attached hydrogens (tertiary/aromatic N) is 1. The van der Waals surface area contributed by atoms with E-state index in [0.29, 0.717) is 11.6 Å². The van der Waals surface area contributed by atoms with Crippen molar-refractivity contribution in [2.24, 2.45) is 0 Å². The quantitative estimate of drug-likeness (QED) is 0.652. The summed E-state index contributed by atoms with van der Waals surface area (Å²) in [5.41, 5.74) is -3.19. The van der Waals surface area contributed by atoms with Crippen LogP contribution in [0, 0.1) is 10.1 Å². The topological polar surface area (TPSA) is 89.3 Å².